The van der Waals surface area contributed by atoms with Crippen molar-refractivity contribution in [3.05, 3.63) is 47.9 Å². The molecule has 1 aromatic heterocycles. The third-order valence-electron chi connectivity index (χ3n) is 3.46. The first-order valence-corrected chi connectivity index (χ1v) is 6.78. The number of methoxy groups -OCH3 is 1. The fourth-order valence-corrected chi connectivity index (χ4v) is 2.11. The van der Waals surface area contributed by atoms with Crippen molar-refractivity contribution in [3.8, 4) is 17.0 Å². The molecule has 0 unspecified atom stereocenters. The van der Waals surface area contributed by atoms with Crippen molar-refractivity contribution in [2.24, 2.45) is 0 Å². The largest absolute Gasteiger partial charge is 0.481 e. The van der Waals surface area contributed by atoms with E-state index in [-0.39, 0.29) is 5.82 Å². The van der Waals surface area contributed by atoms with E-state index in [2.05, 4.69) is 10.3 Å². The number of hydrogen-bond acceptors (Lipinski definition) is 3. The Balaban J connectivity index is 1.77. The fraction of sp³-hybridized carbons (Fsp3) is 0.312. The summed E-state index contributed by atoms with van der Waals surface area (Å²) < 4.78 is 19.2. The lowest BCUT2D eigenvalue weighted by atomic mass is 10.0. The molecule has 0 saturated heterocycles. The molecule has 1 heterocycles. The minimum Gasteiger partial charge on any atom is -0.481 e. The molecule has 0 aliphatic heterocycles. The van der Waals surface area contributed by atoms with Crippen LogP contribution in [-0.4, -0.2) is 18.1 Å². The van der Waals surface area contributed by atoms with Crippen molar-refractivity contribution in [3.63, 3.8) is 0 Å². The molecule has 104 valence electrons. The zero-order valence-corrected chi connectivity index (χ0v) is 11.4. The van der Waals surface area contributed by atoms with Crippen molar-refractivity contribution in [2.75, 3.05) is 7.11 Å². The van der Waals surface area contributed by atoms with E-state index in [9.17, 15) is 4.39 Å². The zero-order valence-electron chi connectivity index (χ0n) is 11.4. The van der Waals surface area contributed by atoms with Crippen LogP contribution >= 0.6 is 0 Å². The smallest absolute Gasteiger partial charge is 0.212 e. The third kappa shape index (κ3) is 2.96. The molecule has 0 radical (unpaired) electrons. The zero-order chi connectivity index (χ0) is 13.9. The van der Waals surface area contributed by atoms with Crippen LogP contribution in [-0.2, 0) is 6.54 Å². The highest BCUT2D eigenvalue weighted by Crippen LogP contribution is 2.25. The number of pyridine rings is 1. The van der Waals surface area contributed by atoms with Crippen LogP contribution in [0.1, 0.15) is 18.4 Å². The van der Waals surface area contributed by atoms with E-state index in [0.717, 1.165) is 17.7 Å². The highest BCUT2D eigenvalue weighted by Gasteiger charge is 2.20. The topological polar surface area (TPSA) is 34.1 Å². The Labute approximate surface area is 117 Å². The van der Waals surface area contributed by atoms with Crippen LogP contribution in [0.3, 0.4) is 0 Å². The molecule has 3 nitrogen and oxygen atoms in total. The molecule has 1 N–H and O–H groups in total. The highest BCUT2D eigenvalue weighted by molar-refractivity contribution is 5.63. The predicted octanol–water partition coefficient (Wildman–Crippen LogP) is 3.15. The molecule has 0 atom stereocenters. The van der Waals surface area contributed by atoms with Gasteiger partial charge in [-0.05, 0) is 30.5 Å². The molecule has 0 spiro atoms. The van der Waals surface area contributed by atoms with Crippen LogP contribution in [0.5, 0.6) is 5.88 Å². The van der Waals surface area contributed by atoms with E-state index < -0.39 is 0 Å². The standard InChI is InChI=1S/C16H17FN2O/c1-20-16-7-3-12(10-19-16)14-6-2-11(8-15(14)17)9-18-13-4-5-13/h2-3,6-8,10,13,18H,4-5,9H2,1H3. The van der Waals surface area contributed by atoms with Crippen molar-refractivity contribution in [1.29, 1.82) is 0 Å². The Morgan fingerprint density at radius 2 is 2.15 bits per heavy atom. The first-order chi connectivity index (χ1) is 9.76. The first-order valence-electron chi connectivity index (χ1n) is 6.78. The Morgan fingerprint density at radius 1 is 1.30 bits per heavy atom. The highest BCUT2D eigenvalue weighted by atomic mass is 19.1. The molecule has 1 aromatic carbocycles. The normalized spacial score (nSPS) is 14.3. The van der Waals surface area contributed by atoms with Gasteiger partial charge in [0.1, 0.15) is 5.82 Å². The third-order valence-corrected chi connectivity index (χ3v) is 3.46. The maximum absolute atomic E-state index is 14.2. The van der Waals surface area contributed by atoms with Gasteiger partial charge in [-0.3, -0.25) is 0 Å². The van der Waals surface area contributed by atoms with Gasteiger partial charge in [-0.15, -0.1) is 0 Å². The maximum atomic E-state index is 14.2. The first kappa shape index (κ1) is 13.1. The van der Waals surface area contributed by atoms with Gasteiger partial charge < -0.3 is 10.1 Å². The van der Waals surface area contributed by atoms with Crippen molar-refractivity contribution in [1.82, 2.24) is 10.3 Å². The summed E-state index contributed by atoms with van der Waals surface area (Å²) in [5, 5.41) is 3.38. The number of nitrogens with one attached hydrogen (secondary N) is 1. The summed E-state index contributed by atoms with van der Waals surface area (Å²) in [5.41, 5.74) is 2.29. The van der Waals surface area contributed by atoms with Gasteiger partial charge in [0.15, 0.2) is 0 Å². The number of nitrogens with zero attached hydrogens (tertiary/aromatic N) is 1. The monoisotopic (exact) mass is 272 g/mol. The van der Waals surface area contributed by atoms with Gasteiger partial charge >= 0.3 is 0 Å². The van der Waals surface area contributed by atoms with E-state index in [4.69, 9.17) is 4.74 Å². The van der Waals surface area contributed by atoms with Crippen LogP contribution < -0.4 is 10.1 Å². The Kier molecular flexibility index (Phi) is 3.65. The van der Waals surface area contributed by atoms with Crippen LogP contribution in [0, 0.1) is 5.82 Å². The molecule has 4 heteroatoms. The number of ether oxygens (including phenoxy) is 1. The number of rotatable bonds is 5. The second-order valence-corrected chi connectivity index (χ2v) is 5.06. The van der Waals surface area contributed by atoms with E-state index in [1.54, 1.807) is 25.4 Å². The van der Waals surface area contributed by atoms with Gasteiger partial charge in [-0.25, -0.2) is 9.37 Å². The molecule has 1 fully saturated rings. The lowest BCUT2D eigenvalue weighted by Gasteiger charge is -2.08. The Morgan fingerprint density at radius 3 is 2.75 bits per heavy atom. The second-order valence-electron chi connectivity index (χ2n) is 5.06. The van der Waals surface area contributed by atoms with Gasteiger partial charge in [-0.2, -0.15) is 0 Å². The summed E-state index contributed by atoms with van der Waals surface area (Å²) in [7, 11) is 1.56. The lowest BCUT2D eigenvalue weighted by Crippen LogP contribution is -2.15. The Hall–Kier alpha value is -1.94. The summed E-state index contributed by atoms with van der Waals surface area (Å²) >= 11 is 0. The minimum atomic E-state index is -0.216. The fourth-order valence-electron chi connectivity index (χ4n) is 2.11. The van der Waals surface area contributed by atoms with Crippen molar-refractivity contribution < 1.29 is 9.13 Å². The number of halogens is 1. The number of benzene rings is 1. The van der Waals surface area contributed by atoms with E-state index in [1.165, 1.54) is 12.8 Å². The molecule has 1 saturated carbocycles. The summed E-state index contributed by atoms with van der Waals surface area (Å²) in [5.74, 6) is 0.312. The number of hydrogen-bond donors (Lipinski definition) is 1. The van der Waals surface area contributed by atoms with Gasteiger partial charge in [0.25, 0.3) is 0 Å². The molecular weight excluding hydrogens is 255 g/mol. The molecule has 0 bridgehead atoms. The van der Waals surface area contributed by atoms with Crippen LogP contribution in [0.15, 0.2) is 36.5 Å². The lowest BCUT2D eigenvalue weighted by molar-refractivity contribution is 0.398. The van der Waals surface area contributed by atoms with Crippen LogP contribution in [0.25, 0.3) is 11.1 Å². The van der Waals surface area contributed by atoms with Crippen molar-refractivity contribution in [2.45, 2.75) is 25.4 Å². The van der Waals surface area contributed by atoms with Crippen LogP contribution in [0.2, 0.25) is 0 Å². The van der Waals surface area contributed by atoms with Gasteiger partial charge in [0.05, 0.1) is 7.11 Å². The van der Waals surface area contributed by atoms with Gasteiger partial charge in [0.2, 0.25) is 5.88 Å². The van der Waals surface area contributed by atoms with E-state index in [0.29, 0.717) is 17.5 Å². The summed E-state index contributed by atoms with van der Waals surface area (Å²) in [6, 6.07) is 9.53. The van der Waals surface area contributed by atoms with E-state index in [1.807, 2.05) is 18.2 Å². The molecule has 2 aromatic rings. The predicted molar refractivity (Wildman–Crippen MR) is 76.0 cm³/mol. The molecule has 20 heavy (non-hydrogen) atoms. The van der Waals surface area contributed by atoms with E-state index >= 15 is 0 Å². The average Bonchev–Trinajstić information content (AvgIpc) is 3.30. The van der Waals surface area contributed by atoms with Gasteiger partial charge in [-0.1, -0.05) is 12.1 Å². The molecule has 1 aliphatic carbocycles. The minimum absolute atomic E-state index is 0.216. The quantitative estimate of drug-likeness (QED) is 0.908. The molecule has 3 rings (SSSR count). The summed E-state index contributed by atoms with van der Waals surface area (Å²) in [6.45, 7) is 0.725. The second kappa shape index (κ2) is 5.59. The summed E-state index contributed by atoms with van der Waals surface area (Å²) in [4.78, 5) is 4.10. The van der Waals surface area contributed by atoms with Crippen molar-refractivity contribution >= 4 is 0 Å². The summed E-state index contributed by atoms with van der Waals surface area (Å²) in [6.07, 6.45) is 4.09. The SMILES string of the molecule is COc1ccc(-c2ccc(CNC3CC3)cc2F)cn1. The maximum Gasteiger partial charge on any atom is 0.212 e. The van der Waals surface area contributed by atoms with Crippen LogP contribution in [0.4, 0.5) is 4.39 Å². The molecular formula is C16H17FN2O. The van der Waals surface area contributed by atoms with Gasteiger partial charge in [0, 0.05) is 36.0 Å². The Bertz CT molecular complexity index is 594. The number of aromatic nitrogens is 1. The average molecular weight is 272 g/mol. The molecule has 1 aliphatic rings. The molecule has 0 amide bonds.